The maximum atomic E-state index is 13.7. The van der Waals surface area contributed by atoms with Crippen molar-refractivity contribution in [3.8, 4) is 0 Å². The Kier molecular flexibility index (Phi) is 2.91. The zero-order valence-electron chi connectivity index (χ0n) is 8.17. The third-order valence-electron chi connectivity index (χ3n) is 2.28. The third-order valence-corrected chi connectivity index (χ3v) is 2.89. The lowest BCUT2D eigenvalue weighted by molar-refractivity contribution is -0.120. The predicted octanol–water partition coefficient (Wildman–Crippen LogP) is 2.03. The lowest BCUT2D eigenvalue weighted by Crippen LogP contribution is -2.49. The van der Waals surface area contributed by atoms with Crippen LogP contribution in [0.4, 0.5) is 14.9 Å². The largest absolute Gasteiger partial charge is 0.328 e. The summed E-state index contributed by atoms with van der Waals surface area (Å²) in [6.45, 7) is 0.192. The Morgan fingerprint density at radius 1 is 1.38 bits per heavy atom. The van der Waals surface area contributed by atoms with Gasteiger partial charge in [0.1, 0.15) is 0 Å². The number of amides is 3. The summed E-state index contributed by atoms with van der Waals surface area (Å²) in [5.74, 6) is -0.844. The highest BCUT2D eigenvalue weighted by atomic mass is 79.9. The van der Waals surface area contributed by atoms with Gasteiger partial charge in [-0.3, -0.25) is 15.0 Å². The Morgan fingerprint density at radius 2 is 2.12 bits per heavy atom. The number of nitrogens with one attached hydrogen (secondary N) is 1. The van der Waals surface area contributed by atoms with Crippen molar-refractivity contribution in [2.75, 3.05) is 11.4 Å². The van der Waals surface area contributed by atoms with E-state index in [1.165, 1.54) is 11.0 Å². The molecule has 0 aromatic heterocycles. The number of benzene rings is 1. The van der Waals surface area contributed by atoms with Gasteiger partial charge in [-0.1, -0.05) is 6.07 Å². The predicted molar refractivity (Wildman–Crippen MR) is 59.6 cm³/mol. The maximum Gasteiger partial charge on any atom is 0.328 e. The summed E-state index contributed by atoms with van der Waals surface area (Å²) in [6, 6.07) is 4.08. The van der Waals surface area contributed by atoms with E-state index in [4.69, 9.17) is 0 Å². The molecule has 1 heterocycles. The average molecular weight is 287 g/mol. The summed E-state index contributed by atoms with van der Waals surface area (Å²) in [4.78, 5) is 23.6. The molecule has 1 fully saturated rings. The van der Waals surface area contributed by atoms with E-state index in [2.05, 4.69) is 21.2 Å². The first-order chi connectivity index (χ1) is 7.59. The molecule has 1 aliphatic heterocycles. The van der Waals surface area contributed by atoms with Gasteiger partial charge in [-0.05, 0) is 28.1 Å². The second-order valence-corrected chi connectivity index (χ2v) is 4.18. The van der Waals surface area contributed by atoms with Crippen LogP contribution in [-0.2, 0) is 4.79 Å². The summed E-state index contributed by atoms with van der Waals surface area (Å²) in [5, 5.41) is 2.14. The minimum absolute atomic E-state index is 0.166. The molecule has 84 valence electrons. The van der Waals surface area contributed by atoms with Gasteiger partial charge in [0.2, 0.25) is 5.91 Å². The van der Waals surface area contributed by atoms with E-state index < -0.39 is 11.8 Å². The van der Waals surface area contributed by atoms with Crippen molar-refractivity contribution in [1.29, 1.82) is 0 Å². The first-order valence-electron chi connectivity index (χ1n) is 4.65. The summed E-state index contributed by atoms with van der Waals surface area (Å²) in [7, 11) is 0. The van der Waals surface area contributed by atoms with E-state index in [1.54, 1.807) is 12.1 Å². The van der Waals surface area contributed by atoms with Crippen LogP contribution in [0.2, 0.25) is 0 Å². The van der Waals surface area contributed by atoms with Crippen LogP contribution in [-0.4, -0.2) is 18.5 Å². The molecule has 0 unspecified atom stereocenters. The van der Waals surface area contributed by atoms with E-state index >= 15 is 0 Å². The number of carbonyl (C=O) groups excluding carboxylic acids is 2. The third kappa shape index (κ3) is 1.92. The number of anilines is 1. The number of halogens is 2. The smallest absolute Gasteiger partial charge is 0.291 e. The molecule has 0 saturated carbocycles. The van der Waals surface area contributed by atoms with Gasteiger partial charge in [0, 0.05) is 13.0 Å². The van der Waals surface area contributed by atoms with Gasteiger partial charge in [-0.15, -0.1) is 0 Å². The van der Waals surface area contributed by atoms with Crippen molar-refractivity contribution in [2.24, 2.45) is 0 Å². The van der Waals surface area contributed by atoms with E-state index in [9.17, 15) is 14.0 Å². The molecular formula is C10H8BrFN2O2. The molecule has 0 bridgehead atoms. The molecule has 0 radical (unpaired) electrons. The van der Waals surface area contributed by atoms with Crippen LogP contribution in [0.5, 0.6) is 0 Å². The molecule has 2 rings (SSSR count). The van der Waals surface area contributed by atoms with Crippen LogP contribution in [0.3, 0.4) is 0 Å². The van der Waals surface area contributed by atoms with Crippen molar-refractivity contribution in [3.05, 3.63) is 28.5 Å². The molecule has 3 amide bonds. The first-order valence-corrected chi connectivity index (χ1v) is 5.44. The summed E-state index contributed by atoms with van der Waals surface area (Å²) in [5.41, 5.74) is 0.166. The monoisotopic (exact) mass is 286 g/mol. The van der Waals surface area contributed by atoms with Crippen LogP contribution in [0.1, 0.15) is 6.42 Å². The molecular weight excluding hydrogens is 279 g/mol. The van der Waals surface area contributed by atoms with Gasteiger partial charge < -0.3 is 0 Å². The highest BCUT2D eigenvalue weighted by Gasteiger charge is 2.26. The Hall–Kier alpha value is -1.43. The number of carbonyl (C=O) groups is 2. The first kappa shape index (κ1) is 11.1. The number of nitrogens with zero attached hydrogens (tertiary/aromatic N) is 1. The lowest BCUT2D eigenvalue weighted by Gasteiger charge is -2.26. The zero-order valence-corrected chi connectivity index (χ0v) is 9.75. The lowest BCUT2D eigenvalue weighted by atomic mass is 10.2. The highest BCUT2D eigenvalue weighted by molar-refractivity contribution is 9.10. The van der Waals surface area contributed by atoms with Crippen LogP contribution in [0.25, 0.3) is 0 Å². The number of hydrogen-bond donors (Lipinski definition) is 1. The maximum absolute atomic E-state index is 13.7. The minimum Gasteiger partial charge on any atom is -0.291 e. The zero-order chi connectivity index (χ0) is 11.7. The van der Waals surface area contributed by atoms with Crippen molar-refractivity contribution in [1.82, 2.24) is 5.32 Å². The molecule has 0 spiro atoms. The van der Waals surface area contributed by atoms with Gasteiger partial charge >= 0.3 is 6.03 Å². The van der Waals surface area contributed by atoms with Crippen molar-refractivity contribution >= 4 is 33.6 Å². The molecule has 0 aliphatic carbocycles. The molecule has 6 heteroatoms. The summed E-state index contributed by atoms with van der Waals surface area (Å²) in [6.07, 6.45) is 0.178. The molecule has 1 N–H and O–H groups in total. The standard InChI is InChI=1S/C10H8BrFN2O2/c11-6-2-1-3-7(9(6)12)14-5-4-8(15)13-10(14)16/h1-3H,4-5H2,(H,13,15,16). The van der Waals surface area contributed by atoms with Gasteiger partial charge in [0.05, 0.1) is 10.2 Å². The van der Waals surface area contributed by atoms with Crippen LogP contribution in [0, 0.1) is 5.82 Å². The Bertz CT molecular complexity index is 464. The summed E-state index contributed by atoms with van der Waals surface area (Å²) >= 11 is 3.04. The second-order valence-electron chi connectivity index (χ2n) is 3.33. The van der Waals surface area contributed by atoms with Crippen LogP contribution in [0.15, 0.2) is 22.7 Å². The molecule has 1 aromatic rings. The van der Waals surface area contributed by atoms with Gasteiger partial charge in [-0.2, -0.15) is 0 Å². The SMILES string of the molecule is O=C1CCN(c2cccc(Br)c2F)C(=O)N1. The Morgan fingerprint density at radius 3 is 2.81 bits per heavy atom. The van der Waals surface area contributed by atoms with Gasteiger partial charge in [-0.25, -0.2) is 9.18 Å². The van der Waals surface area contributed by atoms with Crippen LogP contribution >= 0.6 is 15.9 Å². The topological polar surface area (TPSA) is 49.4 Å². The average Bonchev–Trinajstić information content (AvgIpc) is 2.23. The normalized spacial score (nSPS) is 16.2. The van der Waals surface area contributed by atoms with Crippen molar-refractivity contribution in [2.45, 2.75) is 6.42 Å². The fraction of sp³-hybridized carbons (Fsp3) is 0.200. The van der Waals surface area contributed by atoms with E-state index in [0.717, 1.165) is 0 Å². The Labute approximate surface area is 99.6 Å². The fourth-order valence-corrected chi connectivity index (χ4v) is 1.85. The number of urea groups is 1. The van der Waals surface area contributed by atoms with Crippen molar-refractivity contribution < 1.29 is 14.0 Å². The van der Waals surface area contributed by atoms with E-state index in [-0.39, 0.29) is 29.0 Å². The molecule has 1 aromatic carbocycles. The second kappa shape index (κ2) is 4.21. The van der Waals surface area contributed by atoms with Gasteiger partial charge in [0.15, 0.2) is 5.82 Å². The quantitative estimate of drug-likeness (QED) is 0.859. The van der Waals surface area contributed by atoms with Crippen LogP contribution < -0.4 is 10.2 Å². The van der Waals surface area contributed by atoms with Gasteiger partial charge in [0.25, 0.3) is 0 Å². The van der Waals surface area contributed by atoms with E-state index in [1.807, 2.05) is 0 Å². The summed E-state index contributed by atoms with van der Waals surface area (Å²) < 4.78 is 14.0. The fourth-order valence-electron chi connectivity index (χ4n) is 1.49. The molecule has 16 heavy (non-hydrogen) atoms. The Balaban J connectivity index is 2.34. The molecule has 1 saturated heterocycles. The number of imide groups is 1. The number of hydrogen-bond acceptors (Lipinski definition) is 2. The number of rotatable bonds is 1. The molecule has 4 nitrogen and oxygen atoms in total. The van der Waals surface area contributed by atoms with E-state index in [0.29, 0.717) is 0 Å². The molecule has 0 atom stereocenters. The highest BCUT2D eigenvalue weighted by Crippen LogP contribution is 2.26. The van der Waals surface area contributed by atoms with Crippen molar-refractivity contribution in [3.63, 3.8) is 0 Å². The minimum atomic E-state index is -0.590. The molecule has 1 aliphatic rings.